The molecule has 10 heavy (non-hydrogen) atoms. The van der Waals surface area contributed by atoms with Crippen molar-refractivity contribution < 1.29 is 9.59 Å². The molecule has 2 bridgehead atoms. The van der Waals surface area contributed by atoms with Gasteiger partial charge in [0.05, 0.1) is 0 Å². The van der Waals surface area contributed by atoms with E-state index in [1.165, 1.54) is 0 Å². The zero-order chi connectivity index (χ0) is 7.14. The molecule has 3 rings (SSSR count). The zero-order valence-electron chi connectivity index (χ0n) is 5.31. The summed E-state index contributed by atoms with van der Waals surface area (Å²) < 4.78 is 0. The van der Waals surface area contributed by atoms with Crippen LogP contribution in [0.15, 0.2) is 17.2 Å². The maximum Gasteiger partial charge on any atom is 0.229 e. The molecule has 0 N–H and O–H groups in total. The number of hydrogen-bond acceptors (Lipinski definition) is 2. The molecule has 49 valence electrons. The van der Waals surface area contributed by atoms with Crippen LogP contribution in [-0.2, 0) is 9.59 Å². The highest BCUT2D eigenvalue weighted by molar-refractivity contribution is 6.50. The molecule has 0 aromatic heterocycles. The standard InChI is InChI=1S/C8H5O2/c9-7-5-1-2-6(4-3-5)8(7)10/h1H,3-4H2. The molecule has 0 aromatic carbocycles. The molecule has 1 radical (unpaired) electrons. The van der Waals surface area contributed by atoms with Crippen molar-refractivity contribution in [2.75, 3.05) is 0 Å². The third-order valence-corrected chi connectivity index (χ3v) is 1.84. The number of allylic oxidation sites excluding steroid dienone is 4. The van der Waals surface area contributed by atoms with Gasteiger partial charge in [0.25, 0.3) is 0 Å². The average molecular weight is 133 g/mol. The zero-order valence-corrected chi connectivity index (χ0v) is 5.31. The van der Waals surface area contributed by atoms with Crippen LogP contribution in [0.2, 0.25) is 0 Å². The van der Waals surface area contributed by atoms with Gasteiger partial charge in [-0.25, -0.2) is 0 Å². The molecule has 0 heterocycles. The molecule has 0 atom stereocenters. The van der Waals surface area contributed by atoms with E-state index >= 15 is 0 Å². The van der Waals surface area contributed by atoms with Gasteiger partial charge in [-0.1, -0.05) is 0 Å². The fourth-order valence-electron chi connectivity index (χ4n) is 1.22. The molecule has 0 amide bonds. The lowest BCUT2D eigenvalue weighted by atomic mass is 9.83. The van der Waals surface area contributed by atoms with E-state index in [9.17, 15) is 9.59 Å². The number of carbonyl (C=O) groups excluding carboxylic acids is 2. The van der Waals surface area contributed by atoms with E-state index in [0.717, 1.165) is 6.42 Å². The lowest BCUT2D eigenvalue weighted by Crippen LogP contribution is -2.26. The Hall–Kier alpha value is -1.18. The molecule has 1 fully saturated rings. The van der Waals surface area contributed by atoms with Gasteiger partial charge in [-0.3, -0.25) is 9.59 Å². The SMILES string of the molecule is O=C1C(=O)C2=C[C]=C1CC2. The normalized spacial score (nSPS) is 22.8. The van der Waals surface area contributed by atoms with Crippen LogP contribution in [-0.4, -0.2) is 11.6 Å². The van der Waals surface area contributed by atoms with Gasteiger partial charge in [-0.15, -0.1) is 0 Å². The fraction of sp³-hybridized carbons (Fsp3) is 0.250. The molecule has 3 aliphatic rings. The van der Waals surface area contributed by atoms with E-state index in [-0.39, 0.29) is 11.6 Å². The lowest BCUT2D eigenvalue weighted by Gasteiger charge is -2.17. The third-order valence-electron chi connectivity index (χ3n) is 1.84. The monoisotopic (exact) mass is 133 g/mol. The van der Waals surface area contributed by atoms with Crippen LogP contribution < -0.4 is 0 Å². The Balaban J connectivity index is 2.55. The van der Waals surface area contributed by atoms with Gasteiger partial charge in [0, 0.05) is 11.1 Å². The molecule has 2 nitrogen and oxygen atoms in total. The molecule has 2 heteroatoms. The Labute approximate surface area is 58.2 Å². The molecular weight excluding hydrogens is 128 g/mol. The van der Waals surface area contributed by atoms with Crippen LogP contribution in [0.25, 0.3) is 0 Å². The van der Waals surface area contributed by atoms with E-state index in [2.05, 4.69) is 6.08 Å². The smallest absolute Gasteiger partial charge is 0.229 e. The van der Waals surface area contributed by atoms with Crippen LogP contribution in [0.3, 0.4) is 0 Å². The summed E-state index contributed by atoms with van der Waals surface area (Å²) in [6.45, 7) is 0. The summed E-state index contributed by atoms with van der Waals surface area (Å²) in [6, 6.07) is 0. The summed E-state index contributed by atoms with van der Waals surface area (Å²) in [4.78, 5) is 21.8. The van der Waals surface area contributed by atoms with Crippen LogP contribution in [0.5, 0.6) is 0 Å². The third kappa shape index (κ3) is 0.533. The van der Waals surface area contributed by atoms with Gasteiger partial charge in [0.2, 0.25) is 11.6 Å². The summed E-state index contributed by atoms with van der Waals surface area (Å²) in [5.74, 6) is -0.663. The molecule has 0 unspecified atom stereocenters. The first-order valence-corrected chi connectivity index (χ1v) is 3.19. The van der Waals surface area contributed by atoms with Crippen molar-refractivity contribution in [2.24, 2.45) is 0 Å². The maximum absolute atomic E-state index is 10.9. The molecule has 0 saturated heterocycles. The van der Waals surface area contributed by atoms with Crippen LogP contribution in [0.4, 0.5) is 0 Å². The van der Waals surface area contributed by atoms with Gasteiger partial charge in [0.15, 0.2) is 0 Å². The molecule has 0 spiro atoms. The van der Waals surface area contributed by atoms with Gasteiger partial charge in [-0.2, -0.15) is 0 Å². The van der Waals surface area contributed by atoms with Crippen molar-refractivity contribution >= 4 is 11.6 Å². The number of Topliss-reactive ketones (excluding diaryl/α,β-unsaturated/α-hetero) is 2. The Bertz CT molecular complexity index is 252. The van der Waals surface area contributed by atoms with Crippen molar-refractivity contribution in [3.8, 4) is 0 Å². The minimum atomic E-state index is -0.344. The van der Waals surface area contributed by atoms with E-state index in [0.29, 0.717) is 17.6 Å². The molecule has 0 aromatic rings. The maximum atomic E-state index is 10.9. The summed E-state index contributed by atoms with van der Waals surface area (Å²) in [6.07, 6.45) is 5.84. The summed E-state index contributed by atoms with van der Waals surface area (Å²) in [5, 5.41) is 0. The van der Waals surface area contributed by atoms with E-state index in [1.54, 1.807) is 6.08 Å². The average Bonchev–Trinajstić information content (AvgIpc) is 2.00. The van der Waals surface area contributed by atoms with E-state index in [1.807, 2.05) is 0 Å². The highest BCUT2D eigenvalue weighted by Crippen LogP contribution is 2.26. The second-order valence-electron chi connectivity index (χ2n) is 2.45. The quantitative estimate of drug-likeness (QED) is 0.358. The summed E-state index contributed by atoms with van der Waals surface area (Å²) in [7, 11) is 0. The van der Waals surface area contributed by atoms with Crippen molar-refractivity contribution in [3.05, 3.63) is 23.3 Å². The topological polar surface area (TPSA) is 34.1 Å². The van der Waals surface area contributed by atoms with Crippen LogP contribution in [0, 0.1) is 6.08 Å². The predicted octanol–water partition coefficient (Wildman–Crippen LogP) is 0.588. The summed E-state index contributed by atoms with van der Waals surface area (Å²) >= 11 is 0. The first-order valence-electron chi connectivity index (χ1n) is 3.19. The minimum Gasteiger partial charge on any atom is -0.285 e. The molecular formula is C8H5O2. The van der Waals surface area contributed by atoms with Crippen molar-refractivity contribution in [3.63, 3.8) is 0 Å². The Morgan fingerprint density at radius 1 is 1.20 bits per heavy atom. The number of carbonyl (C=O) groups is 2. The molecule has 1 saturated carbocycles. The Morgan fingerprint density at radius 3 is 2.30 bits per heavy atom. The largest absolute Gasteiger partial charge is 0.285 e. The summed E-state index contributed by atoms with van der Waals surface area (Å²) in [5.41, 5.74) is 1.18. The van der Waals surface area contributed by atoms with Gasteiger partial charge in [-0.05, 0) is 25.0 Å². The Morgan fingerprint density at radius 2 is 2.00 bits per heavy atom. The number of fused-ring (bicyclic) bond motifs is 3. The fourth-order valence-corrected chi connectivity index (χ4v) is 1.22. The first-order chi connectivity index (χ1) is 4.79. The molecule has 3 aliphatic carbocycles. The number of hydrogen-bond donors (Lipinski definition) is 0. The number of rotatable bonds is 0. The van der Waals surface area contributed by atoms with Crippen molar-refractivity contribution in [2.45, 2.75) is 12.8 Å². The van der Waals surface area contributed by atoms with Crippen molar-refractivity contribution in [1.29, 1.82) is 0 Å². The van der Waals surface area contributed by atoms with Gasteiger partial charge >= 0.3 is 0 Å². The molecule has 0 aliphatic heterocycles. The number of ketones is 2. The Kier molecular flexibility index (Phi) is 0.926. The first kappa shape index (κ1) is 5.59. The van der Waals surface area contributed by atoms with Crippen LogP contribution in [0.1, 0.15) is 12.8 Å². The predicted molar refractivity (Wildman–Crippen MR) is 34.1 cm³/mol. The second kappa shape index (κ2) is 1.66. The highest BCUT2D eigenvalue weighted by atomic mass is 16.2. The van der Waals surface area contributed by atoms with E-state index < -0.39 is 0 Å². The van der Waals surface area contributed by atoms with Gasteiger partial charge < -0.3 is 0 Å². The van der Waals surface area contributed by atoms with Crippen molar-refractivity contribution in [1.82, 2.24) is 0 Å². The lowest BCUT2D eigenvalue weighted by molar-refractivity contribution is -0.133. The second-order valence-corrected chi connectivity index (χ2v) is 2.45. The van der Waals surface area contributed by atoms with E-state index in [4.69, 9.17) is 0 Å². The minimum absolute atomic E-state index is 0.319. The van der Waals surface area contributed by atoms with Crippen LogP contribution >= 0.6 is 0 Å². The highest BCUT2D eigenvalue weighted by Gasteiger charge is 2.30. The van der Waals surface area contributed by atoms with Gasteiger partial charge in [0.1, 0.15) is 0 Å².